The van der Waals surface area contributed by atoms with Crippen LogP contribution in [0, 0.1) is 0 Å². The lowest BCUT2D eigenvalue weighted by Gasteiger charge is -2.12. The molecule has 2 aromatic heterocycles. The first-order valence-corrected chi connectivity index (χ1v) is 9.99. The second kappa shape index (κ2) is 7.86. The highest BCUT2D eigenvalue weighted by Crippen LogP contribution is 2.38. The van der Waals surface area contributed by atoms with Gasteiger partial charge in [-0.05, 0) is 43.9 Å². The highest BCUT2D eigenvalue weighted by Gasteiger charge is 2.35. The van der Waals surface area contributed by atoms with Crippen LogP contribution in [0.2, 0.25) is 5.28 Å². The van der Waals surface area contributed by atoms with Crippen molar-refractivity contribution in [2.24, 2.45) is 0 Å². The summed E-state index contributed by atoms with van der Waals surface area (Å²) in [6, 6.07) is 7.03. The van der Waals surface area contributed by atoms with Crippen molar-refractivity contribution in [1.29, 1.82) is 0 Å². The molecule has 0 aliphatic heterocycles. The van der Waals surface area contributed by atoms with E-state index in [0.29, 0.717) is 29.8 Å². The monoisotopic (exact) mass is 436 g/mol. The summed E-state index contributed by atoms with van der Waals surface area (Å²) in [6.07, 6.45) is -1.31. The molecule has 0 unspecified atom stereocenters. The number of halogens is 4. The minimum atomic E-state index is -4.48. The van der Waals surface area contributed by atoms with Crippen molar-refractivity contribution in [2.75, 3.05) is 5.32 Å². The average Bonchev–Trinajstić information content (AvgIpc) is 3.43. The molecule has 0 atom stereocenters. The van der Waals surface area contributed by atoms with Gasteiger partial charge in [0.1, 0.15) is 11.6 Å². The van der Waals surface area contributed by atoms with Gasteiger partial charge in [0.2, 0.25) is 11.2 Å². The van der Waals surface area contributed by atoms with Crippen LogP contribution in [-0.2, 0) is 12.7 Å². The first-order chi connectivity index (χ1) is 14.2. The summed E-state index contributed by atoms with van der Waals surface area (Å²) in [7, 11) is 0. The predicted octanol–water partition coefficient (Wildman–Crippen LogP) is 5.48. The Morgan fingerprint density at radius 2 is 1.80 bits per heavy atom. The Hall–Kier alpha value is -2.68. The van der Waals surface area contributed by atoms with Gasteiger partial charge in [-0.3, -0.25) is 0 Å². The van der Waals surface area contributed by atoms with Crippen LogP contribution >= 0.6 is 11.6 Å². The third kappa shape index (κ3) is 4.56. The van der Waals surface area contributed by atoms with Crippen LogP contribution in [0.15, 0.2) is 30.5 Å². The first-order valence-electron chi connectivity index (χ1n) is 9.61. The summed E-state index contributed by atoms with van der Waals surface area (Å²) >= 11 is 5.97. The van der Waals surface area contributed by atoms with Crippen molar-refractivity contribution in [2.45, 2.75) is 51.4 Å². The maximum Gasteiger partial charge on any atom is 0.434 e. The highest BCUT2D eigenvalue weighted by molar-refractivity contribution is 6.28. The second-order valence-electron chi connectivity index (χ2n) is 7.56. The van der Waals surface area contributed by atoms with Crippen LogP contribution in [0.3, 0.4) is 0 Å². The molecule has 30 heavy (non-hydrogen) atoms. The van der Waals surface area contributed by atoms with Crippen molar-refractivity contribution in [3.05, 3.63) is 52.8 Å². The average molecular weight is 437 g/mol. The fourth-order valence-electron chi connectivity index (χ4n) is 3.06. The first kappa shape index (κ1) is 20.6. The van der Waals surface area contributed by atoms with Crippen LogP contribution in [-0.4, -0.2) is 24.5 Å². The number of imidazole rings is 1. The zero-order valence-electron chi connectivity index (χ0n) is 16.4. The van der Waals surface area contributed by atoms with Crippen molar-refractivity contribution < 1.29 is 13.2 Å². The third-order valence-electron chi connectivity index (χ3n) is 4.81. The van der Waals surface area contributed by atoms with Gasteiger partial charge in [-0.15, -0.1) is 0 Å². The maximum atomic E-state index is 13.1. The van der Waals surface area contributed by atoms with E-state index in [1.54, 1.807) is 12.1 Å². The van der Waals surface area contributed by atoms with E-state index >= 15 is 0 Å². The Kier molecular flexibility index (Phi) is 5.40. The van der Waals surface area contributed by atoms with E-state index in [1.165, 1.54) is 4.57 Å². The van der Waals surface area contributed by atoms with Gasteiger partial charge in [0.25, 0.3) is 0 Å². The van der Waals surface area contributed by atoms with Crippen molar-refractivity contribution >= 4 is 17.5 Å². The number of rotatable bonds is 6. The van der Waals surface area contributed by atoms with Crippen LogP contribution in [0.5, 0.6) is 0 Å². The SMILES string of the molecule is CC(C)n1cc(C(F)(F)F)nc1-c1ccc(CNc2nc(Cl)nc(C3CC3)n2)cc1. The van der Waals surface area contributed by atoms with E-state index in [0.717, 1.165) is 24.6 Å². The Bertz CT molecular complexity index is 1040. The van der Waals surface area contributed by atoms with Crippen LogP contribution < -0.4 is 5.32 Å². The molecule has 3 aromatic rings. The van der Waals surface area contributed by atoms with Gasteiger partial charge in [-0.2, -0.15) is 23.1 Å². The lowest BCUT2D eigenvalue weighted by Crippen LogP contribution is -2.07. The summed E-state index contributed by atoms with van der Waals surface area (Å²) < 4.78 is 40.8. The minimum Gasteiger partial charge on any atom is -0.350 e. The molecule has 1 fully saturated rings. The van der Waals surface area contributed by atoms with Crippen molar-refractivity contribution in [3.8, 4) is 11.4 Å². The van der Waals surface area contributed by atoms with Crippen molar-refractivity contribution in [3.63, 3.8) is 0 Å². The summed E-state index contributed by atoms with van der Waals surface area (Å²) in [5, 5.41) is 3.28. The Morgan fingerprint density at radius 3 is 2.40 bits per heavy atom. The Morgan fingerprint density at radius 1 is 1.10 bits per heavy atom. The van der Waals surface area contributed by atoms with Crippen LogP contribution in [0.25, 0.3) is 11.4 Å². The van der Waals surface area contributed by atoms with Gasteiger partial charge < -0.3 is 9.88 Å². The Balaban J connectivity index is 1.50. The van der Waals surface area contributed by atoms with Gasteiger partial charge in [-0.25, -0.2) is 9.97 Å². The largest absolute Gasteiger partial charge is 0.434 e. The van der Waals surface area contributed by atoms with E-state index in [-0.39, 0.29) is 17.1 Å². The molecule has 0 bridgehead atoms. The molecule has 0 amide bonds. The number of alkyl halides is 3. The second-order valence-corrected chi connectivity index (χ2v) is 7.90. The number of aromatic nitrogens is 5. The quantitative estimate of drug-likeness (QED) is 0.554. The molecular weight excluding hydrogens is 417 g/mol. The van der Waals surface area contributed by atoms with Gasteiger partial charge in [-0.1, -0.05) is 24.3 Å². The fourth-order valence-corrected chi connectivity index (χ4v) is 3.23. The van der Waals surface area contributed by atoms with E-state index in [1.807, 2.05) is 26.0 Å². The molecular formula is C20H20ClF3N6. The standard InChI is InChI=1S/C20H20ClF3N6/c1-11(2)30-10-15(20(22,23)24)26-17(30)14-5-3-12(4-6-14)9-25-19-28-16(13-7-8-13)27-18(21)29-19/h3-6,10-11,13H,7-9H2,1-2H3,(H,25,27,28,29). The number of nitrogens with one attached hydrogen (secondary N) is 1. The normalized spacial score (nSPS) is 14.4. The fraction of sp³-hybridized carbons (Fsp3) is 0.400. The van der Waals surface area contributed by atoms with E-state index in [9.17, 15) is 13.2 Å². The van der Waals surface area contributed by atoms with Gasteiger partial charge in [0.05, 0.1) is 0 Å². The molecule has 4 rings (SSSR count). The molecule has 6 nitrogen and oxygen atoms in total. The van der Waals surface area contributed by atoms with Gasteiger partial charge in [0, 0.05) is 30.3 Å². The lowest BCUT2D eigenvalue weighted by molar-refractivity contribution is -0.140. The molecule has 2 heterocycles. The number of anilines is 1. The topological polar surface area (TPSA) is 68.5 Å². The molecule has 0 saturated heterocycles. The smallest absolute Gasteiger partial charge is 0.350 e. The summed E-state index contributed by atoms with van der Waals surface area (Å²) in [6.45, 7) is 4.08. The van der Waals surface area contributed by atoms with Crippen molar-refractivity contribution in [1.82, 2.24) is 24.5 Å². The zero-order chi connectivity index (χ0) is 21.5. The van der Waals surface area contributed by atoms with Crippen LogP contribution in [0.1, 0.15) is 55.7 Å². The molecule has 1 aliphatic rings. The van der Waals surface area contributed by atoms with E-state index in [2.05, 4.69) is 25.3 Å². The van der Waals surface area contributed by atoms with Crippen LogP contribution in [0.4, 0.5) is 19.1 Å². The molecule has 0 radical (unpaired) electrons. The molecule has 1 N–H and O–H groups in total. The van der Waals surface area contributed by atoms with E-state index in [4.69, 9.17) is 11.6 Å². The molecule has 1 saturated carbocycles. The molecule has 1 aromatic carbocycles. The van der Waals surface area contributed by atoms with E-state index < -0.39 is 11.9 Å². The molecule has 1 aliphatic carbocycles. The summed E-state index contributed by atoms with van der Waals surface area (Å²) in [5.74, 6) is 1.76. The molecule has 10 heteroatoms. The molecule has 0 spiro atoms. The summed E-state index contributed by atoms with van der Waals surface area (Å²) in [4.78, 5) is 16.5. The number of hydrogen-bond donors (Lipinski definition) is 1. The van der Waals surface area contributed by atoms with Gasteiger partial charge >= 0.3 is 6.18 Å². The number of nitrogens with zero attached hydrogens (tertiary/aromatic N) is 5. The zero-order valence-corrected chi connectivity index (χ0v) is 17.2. The van der Waals surface area contributed by atoms with Gasteiger partial charge in [0.15, 0.2) is 5.69 Å². The maximum absolute atomic E-state index is 13.1. The molecule has 158 valence electrons. The Labute approximate surface area is 176 Å². The summed E-state index contributed by atoms with van der Waals surface area (Å²) in [5.41, 5.74) is 0.638. The minimum absolute atomic E-state index is 0.154. The lowest BCUT2D eigenvalue weighted by atomic mass is 10.1. The number of benzene rings is 1. The predicted molar refractivity (Wildman–Crippen MR) is 107 cm³/mol. The highest BCUT2D eigenvalue weighted by atomic mass is 35.5. The third-order valence-corrected chi connectivity index (χ3v) is 4.98. The number of hydrogen-bond acceptors (Lipinski definition) is 5.